The molecular weight excluding hydrogens is 390 g/mol. The second-order valence-corrected chi connectivity index (χ2v) is 9.03. The van der Waals surface area contributed by atoms with E-state index in [1.807, 2.05) is 6.92 Å². The van der Waals surface area contributed by atoms with E-state index in [9.17, 15) is 15.2 Å². The molecule has 1 saturated heterocycles. The molecule has 0 saturated carbocycles. The molecule has 0 bridgehead atoms. The molecule has 1 N–H and O–H groups in total. The van der Waals surface area contributed by atoms with Crippen molar-refractivity contribution in [1.82, 2.24) is 19.5 Å². The Balaban J connectivity index is 1.80. The fourth-order valence-electron chi connectivity index (χ4n) is 4.35. The van der Waals surface area contributed by atoms with Gasteiger partial charge in [-0.1, -0.05) is 44.2 Å². The third-order valence-electron chi connectivity index (χ3n) is 5.49. The number of hydrogen-bond donors (Lipinski definition) is 1. The zero-order chi connectivity index (χ0) is 20.7. The highest BCUT2D eigenvalue weighted by molar-refractivity contribution is 7.17. The minimum Gasteiger partial charge on any atom is -0.492 e. The van der Waals surface area contributed by atoms with Gasteiger partial charge in [-0.05, 0) is 23.8 Å². The normalized spacial score (nSPS) is 21.5. The van der Waals surface area contributed by atoms with Crippen LogP contribution in [-0.4, -0.2) is 42.6 Å². The van der Waals surface area contributed by atoms with Crippen LogP contribution in [-0.2, 0) is 6.42 Å². The standard InChI is InChI=1S/C20H25N5O3S/c1-4-16-21-20-24(22-16)19(26)18(29-20)17(23-10-12(2)9-13(3)11-23)14-5-7-15(8-6-14)25(27)28/h5-8,12-13,17,26H,4,9-11H2,1-3H3/t12-,13-,17+/m1/s1. The second-order valence-electron chi connectivity index (χ2n) is 8.02. The van der Waals surface area contributed by atoms with Crippen LogP contribution < -0.4 is 0 Å². The molecule has 1 aliphatic rings. The Bertz CT molecular complexity index is 1020. The van der Waals surface area contributed by atoms with Crippen molar-refractivity contribution in [2.75, 3.05) is 13.1 Å². The molecule has 3 aromatic rings. The Morgan fingerprint density at radius 1 is 1.28 bits per heavy atom. The highest BCUT2D eigenvalue weighted by atomic mass is 32.1. The molecule has 9 heteroatoms. The minimum atomic E-state index is -0.392. The molecule has 0 aliphatic carbocycles. The predicted octanol–water partition coefficient (Wildman–Crippen LogP) is 4.03. The van der Waals surface area contributed by atoms with Gasteiger partial charge in [0, 0.05) is 31.6 Å². The SMILES string of the molecule is CCc1nc2sc([C@H](c3ccc([N+](=O)[O-])cc3)N3C[C@H](C)C[C@@H](C)C3)c(O)n2n1. The number of nitro groups is 1. The summed E-state index contributed by atoms with van der Waals surface area (Å²) in [6.45, 7) is 8.27. The van der Waals surface area contributed by atoms with E-state index in [1.165, 1.54) is 34.4 Å². The fourth-order valence-corrected chi connectivity index (χ4v) is 5.48. The molecule has 2 aromatic heterocycles. The maximum absolute atomic E-state index is 11.1. The summed E-state index contributed by atoms with van der Waals surface area (Å²) in [4.78, 5) is 19.0. The van der Waals surface area contributed by atoms with Crippen LogP contribution in [0.1, 0.15) is 49.5 Å². The van der Waals surface area contributed by atoms with E-state index in [0.29, 0.717) is 29.0 Å². The number of rotatable bonds is 5. The largest absolute Gasteiger partial charge is 0.492 e. The summed E-state index contributed by atoms with van der Waals surface area (Å²) in [5.74, 6) is 1.88. The molecule has 1 aromatic carbocycles. The quantitative estimate of drug-likeness (QED) is 0.499. The van der Waals surface area contributed by atoms with Gasteiger partial charge in [0.25, 0.3) is 5.69 Å². The average Bonchev–Trinajstić information content (AvgIpc) is 3.21. The van der Waals surface area contributed by atoms with Crippen LogP contribution in [0.15, 0.2) is 24.3 Å². The van der Waals surface area contributed by atoms with E-state index >= 15 is 0 Å². The first-order valence-corrected chi connectivity index (χ1v) is 10.7. The second kappa shape index (κ2) is 7.72. The number of fused-ring (bicyclic) bond motifs is 1. The first-order valence-electron chi connectivity index (χ1n) is 9.93. The average molecular weight is 416 g/mol. The number of nitrogens with zero attached hydrogens (tertiary/aromatic N) is 5. The molecule has 0 amide bonds. The highest BCUT2D eigenvalue weighted by Gasteiger charge is 2.33. The number of non-ortho nitro benzene ring substituents is 1. The van der Waals surface area contributed by atoms with Crippen molar-refractivity contribution in [2.24, 2.45) is 11.8 Å². The van der Waals surface area contributed by atoms with E-state index < -0.39 is 4.92 Å². The number of aromatic nitrogens is 3. The smallest absolute Gasteiger partial charge is 0.269 e. The molecule has 8 nitrogen and oxygen atoms in total. The molecule has 1 aliphatic heterocycles. The number of hydrogen-bond acceptors (Lipinski definition) is 7. The van der Waals surface area contributed by atoms with E-state index in [2.05, 4.69) is 28.8 Å². The van der Waals surface area contributed by atoms with Crippen LogP contribution in [0.2, 0.25) is 0 Å². The molecular formula is C20H25N5O3S. The van der Waals surface area contributed by atoms with Crippen molar-refractivity contribution in [3.8, 4) is 5.88 Å². The maximum atomic E-state index is 11.1. The third kappa shape index (κ3) is 3.72. The number of piperidine rings is 1. The van der Waals surface area contributed by atoms with Gasteiger partial charge in [0.05, 0.1) is 15.8 Å². The molecule has 29 heavy (non-hydrogen) atoms. The van der Waals surface area contributed by atoms with Gasteiger partial charge in [-0.15, -0.1) is 5.10 Å². The van der Waals surface area contributed by atoms with E-state index in [1.54, 1.807) is 12.1 Å². The van der Waals surface area contributed by atoms with Crippen LogP contribution in [0.25, 0.3) is 4.96 Å². The number of benzene rings is 1. The van der Waals surface area contributed by atoms with Gasteiger partial charge < -0.3 is 5.11 Å². The first kappa shape index (κ1) is 19.8. The number of aryl methyl sites for hydroxylation is 1. The van der Waals surface area contributed by atoms with Crippen molar-refractivity contribution in [3.05, 3.63) is 50.6 Å². The molecule has 154 valence electrons. The van der Waals surface area contributed by atoms with Crippen molar-refractivity contribution in [2.45, 2.75) is 39.7 Å². The number of likely N-dealkylation sites (tertiary alicyclic amines) is 1. The Labute approximate surface area is 173 Å². The predicted molar refractivity (Wildman–Crippen MR) is 111 cm³/mol. The Kier molecular flexibility index (Phi) is 5.26. The number of nitro benzene ring substituents is 1. The maximum Gasteiger partial charge on any atom is 0.269 e. The third-order valence-corrected chi connectivity index (χ3v) is 6.56. The zero-order valence-electron chi connectivity index (χ0n) is 16.8. The summed E-state index contributed by atoms with van der Waals surface area (Å²) >= 11 is 1.43. The fraction of sp³-hybridized carbons (Fsp3) is 0.500. The van der Waals surface area contributed by atoms with E-state index in [0.717, 1.165) is 23.5 Å². The number of thiazole rings is 1. The van der Waals surface area contributed by atoms with Crippen molar-refractivity contribution < 1.29 is 10.0 Å². The molecule has 1 fully saturated rings. The van der Waals surface area contributed by atoms with Crippen LogP contribution in [0, 0.1) is 22.0 Å². The number of aromatic hydroxyl groups is 1. The zero-order valence-corrected chi connectivity index (χ0v) is 17.6. The summed E-state index contributed by atoms with van der Waals surface area (Å²) in [5, 5.41) is 26.4. The summed E-state index contributed by atoms with van der Waals surface area (Å²) in [7, 11) is 0. The van der Waals surface area contributed by atoms with Gasteiger partial charge in [0.2, 0.25) is 10.8 Å². The molecule has 0 radical (unpaired) electrons. The summed E-state index contributed by atoms with van der Waals surface area (Å²) in [5.41, 5.74) is 0.986. The Morgan fingerprint density at radius 3 is 2.48 bits per heavy atom. The first-order chi connectivity index (χ1) is 13.9. The lowest BCUT2D eigenvalue weighted by Gasteiger charge is -2.40. The van der Waals surface area contributed by atoms with Crippen LogP contribution in [0.5, 0.6) is 5.88 Å². The van der Waals surface area contributed by atoms with Gasteiger partial charge >= 0.3 is 0 Å². The van der Waals surface area contributed by atoms with E-state index in [-0.39, 0.29) is 17.6 Å². The lowest BCUT2D eigenvalue weighted by Crippen LogP contribution is -2.41. The lowest BCUT2D eigenvalue weighted by atomic mass is 9.89. The van der Waals surface area contributed by atoms with Crippen molar-refractivity contribution >= 4 is 22.0 Å². The minimum absolute atomic E-state index is 0.0624. The van der Waals surface area contributed by atoms with E-state index in [4.69, 9.17) is 0 Å². The van der Waals surface area contributed by atoms with Crippen LogP contribution in [0.4, 0.5) is 5.69 Å². The molecule has 3 heterocycles. The highest BCUT2D eigenvalue weighted by Crippen LogP contribution is 2.42. The summed E-state index contributed by atoms with van der Waals surface area (Å²) < 4.78 is 1.51. The van der Waals surface area contributed by atoms with Gasteiger partial charge in [-0.3, -0.25) is 15.0 Å². The topological polar surface area (TPSA) is 96.8 Å². The van der Waals surface area contributed by atoms with Crippen LogP contribution >= 0.6 is 11.3 Å². The molecule has 4 rings (SSSR count). The van der Waals surface area contributed by atoms with Gasteiger partial charge in [-0.2, -0.15) is 4.52 Å². The van der Waals surface area contributed by atoms with Crippen LogP contribution in [0.3, 0.4) is 0 Å². The summed E-state index contributed by atoms with van der Waals surface area (Å²) in [6.07, 6.45) is 1.88. The summed E-state index contributed by atoms with van der Waals surface area (Å²) in [6, 6.07) is 6.45. The molecule has 3 atom stereocenters. The molecule has 0 spiro atoms. The molecule has 0 unspecified atom stereocenters. The monoisotopic (exact) mass is 415 g/mol. The Morgan fingerprint density at radius 2 is 1.93 bits per heavy atom. The van der Waals surface area contributed by atoms with Gasteiger partial charge in [-0.25, -0.2) is 4.98 Å². The van der Waals surface area contributed by atoms with Crippen molar-refractivity contribution in [3.63, 3.8) is 0 Å². The van der Waals surface area contributed by atoms with Crippen molar-refractivity contribution in [1.29, 1.82) is 0 Å². The van der Waals surface area contributed by atoms with Gasteiger partial charge in [0.1, 0.15) is 0 Å². The van der Waals surface area contributed by atoms with Gasteiger partial charge in [0.15, 0.2) is 5.82 Å². The lowest BCUT2D eigenvalue weighted by molar-refractivity contribution is -0.384. The Hall–Kier alpha value is -2.52.